The van der Waals surface area contributed by atoms with Crippen molar-refractivity contribution < 1.29 is 14.6 Å². The van der Waals surface area contributed by atoms with E-state index in [1.54, 1.807) is 24.3 Å². The smallest absolute Gasteiger partial charge is 0.228 e. The van der Waals surface area contributed by atoms with Crippen LogP contribution in [0.3, 0.4) is 0 Å². The molecule has 0 fully saturated rings. The van der Waals surface area contributed by atoms with Crippen molar-refractivity contribution >= 4 is 55.1 Å². The Morgan fingerprint density at radius 3 is 2.68 bits per heavy atom. The van der Waals surface area contributed by atoms with Crippen LogP contribution in [0, 0.1) is 0 Å². The minimum absolute atomic E-state index is 0.0406. The Hall–Kier alpha value is -1.24. The molecule has 0 spiro atoms. The first-order chi connectivity index (χ1) is 10.4. The van der Waals surface area contributed by atoms with E-state index in [4.69, 9.17) is 16.3 Å². The maximum Gasteiger partial charge on any atom is 0.228 e. The Kier molecular flexibility index (Phi) is 5.72. The average Bonchev–Trinajstić information content (AvgIpc) is 2.45. The van der Waals surface area contributed by atoms with E-state index >= 15 is 0 Å². The lowest BCUT2D eigenvalue weighted by molar-refractivity contribution is -0.115. The Bertz CT molecular complexity index is 722. The van der Waals surface area contributed by atoms with Crippen LogP contribution >= 0.6 is 43.5 Å². The molecule has 2 rings (SSSR count). The van der Waals surface area contributed by atoms with Gasteiger partial charge in [0.15, 0.2) is 0 Å². The standard InChI is InChI=1S/C15H12Br2ClNO3/c1-22-14-3-2-9(18)4-8(14)5-15(21)19-12-7-13(20)11(17)6-10(12)16/h2-4,6-7,20H,5H2,1H3,(H,19,21). The van der Waals surface area contributed by atoms with Gasteiger partial charge in [0.25, 0.3) is 0 Å². The number of nitrogens with one attached hydrogen (secondary N) is 1. The van der Waals surface area contributed by atoms with Crippen LogP contribution in [-0.4, -0.2) is 18.1 Å². The van der Waals surface area contributed by atoms with Crippen molar-refractivity contribution in [3.8, 4) is 11.5 Å². The molecule has 0 bridgehead atoms. The van der Waals surface area contributed by atoms with E-state index in [1.165, 1.54) is 13.2 Å². The average molecular weight is 450 g/mol. The van der Waals surface area contributed by atoms with Gasteiger partial charge in [-0.25, -0.2) is 0 Å². The normalized spacial score (nSPS) is 10.4. The summed E-state index contributed by atoms with van der Waals surface area (Å²) in [6.07, 6.45) is 0.104. The molecule has 1 amide bonds. The first kappa shape index (κ1) is 17.1. The van der Waals surface area contributed by atoms with E-state index in [1.807, 2.05) is 0 Å². The summed E-state index contributed by atoms with van der Waals surface area (Å²) in [6, 6.07) is 8.22. The Morgan fingerprint density at radius 2 is 2.00 bits per heavy atom. The number of hydrogen-bond donors (Lipinski definition) is 2. The summed E-state index contributed by atoms with van der Waals surface area (Å²) in [5.74, 6) is 0.388. The number of methoxy groups -OCH3 is 1. The summed E-state index contributed by atoms with van der Waals surface area (Å²) in [5, 5.41) is 13.0. The van der Waals surface area contributed by atoms with Crippen LogP contribution in [0.2, 0.25) is 5.02 Å². The third-order valence-corrected chi connectivity index (χ3v) is 4.43. The third kappa shape index (κ3) is 4.15. The third-order valence-electron chi connectivity index (χ3n) is 2.90. The topological polar surface area (TPSA) is 58.6 Å². The number of ether oxygens (including phenoxy) is 1. The van der Waals surface area contributed by atoms with E-state index in [-0.39, 0.29) is 18.1 Å². The molecule has 0 aliphatic carbocycles. The molecular formula is C15H12Br2ClNO3. The zero-order valence-corrected chi connectivity index (χ0v) is 15.4. The number of hydrogen-bond acceptors (Lipinski definition) is 3. The second kappa shape index (κ2) is 7.35. The molecule has 2 aromatic carbocycles. The molecule has 22 heavy (non-hydrogen) atoms. The molecule has 0 aliphatic heterocycles. The maximum absolute atomic E-state index is 12.2. The molecule has 0 saturated carbocycles. The van der Waals surface area contributed by atoms with Crippen LogP contribution in [-0.2, 0) is 11.2 Å². The minimum atomic E-state index is -0.247. The molecule has 0 saturated heterocycles. The van der Waals surface area contributed by atoms with Gasteiger partial charge in [-0.2, -0.15) is 0 Å². The Balaban J connectivity index is 2.17. The first-order valence-corrected chi connectivity index (χ1v) is 8.17. The number of anilines is 1. The lowest BCUT2D eigenvalue weighted by Crippen LogP contribution is -2.15. The number of amides is 1. The van der Waals surface area contributed by atoms with Crippen LogP contribution in [0.25, 0.3) is 0 Å². The SMILES string of the molecule is COc1ccc(Cl)cc1CC(=O)Nc1cc(O)c(Br)cc1Br. The van der Waals surface area contributed by atoms with Gasteiger partial charge in [0.05, 0.1) is 23.7 Å². The van der Waals surface area contributed by atoms with Gasteiger partial charge < -0.3 is 15.2 Å². The predicted molar refractivity (Wildman–Crippen MR) is 93.8 cm³/mol. The minimum Gasteiger partial charge on any atom is -0.507 e. The molecule has 0 unspecified atom stereocenters. The zero-order valence-electron chi connectivity index (χ0n) is 11.5. The van der Waals surface area contributed by atoms with Crippen molar-refractivity contribution in [3.63, 3.8) is 0 Å². The number of rotatable bonds is 4. The van der Waals surface area contributed by atoms with E-state index in [0.717, 1.165) is 0 Å². The number of phenolic OH excluding ortho intramolecular Hbond substituents is 1. The zero-order chi connectivity index (χ0) is 16.3. The molecule has 0 aromatic heterocycles. The van der Waals surface area contributed by atoms with Gasteiger partial charge >= 0.3 is 0 Å². The number of phenols is 1. The fourth-order valence-corrected chi connectivity index (χ4v) is 3.17. The second-order valence-electron chi connectivity index (χ2n) is 4.46. The molecule has 0 radical (unpaired) electrons. The highest BCUT2D eigenvalue weighted by molar-refractivity contribution is 9.11. The van der Waals surface area contributed by atoms with Crippen LogP contribution in [0.15, 0.2) is 39.3 Å². The fourth-order valence-electron chi connectivity index (χ4n) is 1.89. The van der Waals surface area contributed by atoms with E-state index < -0.39 is 0 Å². The highest BCUT2D eigenvalue weighted by Crippen LogP contribution is 2.34. The Labute approximate surface area is 149 Å². The lowest BCUT2D eigenvalue weighted by atomic mass is 10.1. The number of benzene rings is 2. The predicted octanol–water partition coefficient (Wildman–Crippen LogP) is 4.76. The van der Waals surface area contributed by atoms with E-state index in [2.05, 4.69) is 37.2 Å². The summed E-state index contributed by atoms with van der Waals surface area (Å²) in [7, 11) is 1.54. The van der Waals surface area contributed by atoms with Gasteiger partial charge in [0, 0.05) is 21.1 Å². The van der Waals surface area contributed by atoms with Crippen molar-refractivity contribution in [1.29, 1.82) is 0 Å². The molecule has 2 aromatic rings. The monoisotopic (exact) mass is 447 g/mol. The first-order valence-electron chi connectivity index (χ1n) is 6.21. The maximum atomic E-state index is 12.2. The van der Waals surface area contributed by atoms with Crippen molar-refractivity contribution in [2.75, 3.05) is 12.4 Å². The van der Waals surface area contributed by atoms with E-state index in [0.29, 0.717) is 31.0 Å². The van der Waals surface area contributed by atoms with Crippen LogP contribution < -0.4 is 10.1 Å². The molecule has 7 heteroatoms. The molecule has 0 heterocycles. The summed E-state index contributed by atoms with van der Waals surface area (Å²) in [4.78, 5) is 12.2. The van der Waals surface area contributed by atoms with Crippen LogP contribution in [0.4, 0.5) is 5.69 Å². The van der Waals surface area contributed by atoms with Gasteiger partial charge in [-0.15, -0.1) is 0 Å². The highest BCUT2D eigenvalue weighted by atomic mass is 79.9. The van der Waals surface area contributed by atoms with Gasteiger partial charge in [-0.05, 0) is 56.1 Å². The molecule has 0 aliphatic rings. The molecule has 4 nitrogen and oxygen atoms in total. The van der Waals surface area contributed by atoms with Gasteiger partial charge in [0.1, 0.15) is 11.5 Å². The Morgan fingerprint density at radius 1 is 1.27 bits per heavy atom. The van der Waals surface area contributed by atoms with Crippen LogP contribution in [0.5, 0.6) is 11.5 Å². The highest BCUT2D eigenvalue weighted by Gasteiger charge is 2.12. The van der Waals surface area contributed by atoms with Crippen molar-refractivity contribution in [1.82, 2.24) is 0 Å². The second-order valence-corrected chi connectivity index (χ2v) is 6.61. The molecule has 116 valence electrons. The summed E-state index contributed by atoms with van der Waals surface area (Å²) in [6.45, 7) is 0. The number of halogens is 3. The van der Waals surface area contributed by atoms with Crippen molar-refractivity contribution in [2.24, 2.45) is 0 Å². The number of carbonyl (C=O) groups is 1. The summed E-state index contributed by atoms with van der Waals surface area (Å²) < 4.78 is 6.41. The summed E-state index contributed by atoms with van der Waals surface area (Å²) in [5.41, 5.74) is 1.16. The van der Waals surface area contributed by atoms with Crippen LogP contribution in [0.1, 0.15) is 5.56 Å². The molecular weight excluding hydrogens is 437 g/mol. The fraction of sp³-hybridized carbons (Fsp3) is 0.133. The van der Waals surface area contributed by atoms with Gasteiger partial charge in [-0.3, -0.25) is 4.79 Å². The molecule has 0 atom stereocenters. The van der Waals surface area contributed by atoms with Crippen molar-refractivity contribution in [2.45, 2.75) is 6.42 Å². The van der Waals surface area contributed by atoms with Crippen molar-refractivity contribution in [3.05, 3.63) is 49.9 Å². The quantitative estimate of drug-likeness (QED) is 0.708. The van der Waals surface area contributed by atoms with Gasteiger partial charge in [0.2, 0.25) is 5.91 Å². The van der Waals surface area contributed by atoms with Gasteiger partial charge in [-0.1, -0.05) is 11.6 Å². The number of carbonyl (C=O) groups excluding carboxylic acids is 1. The lowest BCUT2D eigenvalue weighted by Gasteiger charge is -2.11. The number of aromatic hydroxyl groups is 1. The molecule has 2 N–H and O–H groups in total. The largest absolute Gasteiger partial charge is 0.507 e. The van der Waals surface area contributed by atoms with E-state index in [9.17, 15) is 9.90 Å². The summed E-state index contributed by atoms with van der Waals surface area (Å²) >= 11 is 12.5.